The first kappa shape index (κ1) is 20.0. The number of rotatable bonds is 6. The second-order valence-corrected chi connectivity index (χ2v) is 7.79. The number of halogens is 1. The van der Waals surface area contributed by atoms with Crippen molar-refractivity contribution in [2.75, 3.05) is 44.3 Å². The Balaban J connectivity index is 1.41. The summed E-state index contributed by atoms with van der Waals surface area (Å²) >= 11 is 0. The lowest BCUT2D eigenvalue weighted by Crippen LogP contribution is -2.46. The van der Waals surface area contributed by atoms with Gasteiger partial charge in [-0.2, -0.15) is 0 Å². The molecule has 5 nitrogen and oxygen atoms in total. The summed E-state index contributed by atoms with van der Waals surface area (Å²) in [6.45, 7) is 6.04. The molecule has 1 fully saturated rings. The highest BCUT2D eigenvalue weighted by Crippen LogP contribution is 2.31. The zero-order valence-electron chi connectivity index (χ0n) is 16.8. The van der Waals surface area contributed by atoms with Crippen molar-refractivity contribution in [3.05, 3.63) is 65.5 Å². The molecular formula is C23H28FN3O2. The van der Waals surface area contributed by atoms with Gasteiger partial charge in [-0.05, 0) is 42.7 Å². The van der Waals surface area contributed by atoms with Crippen LogP contribution in [0.4, 0.5) is 10.1 Å². The van der Waals surface area contributed by atoms with Gasteiger partial charge in [-0.15, -0.1) is 0 Å². The van der Waals surface area contributed by atoms with E-state index >= 15 is 0 Å². The molecule has 0 unspecified atom stereocenters. The molecule has 0 spiro atoms. The highest BCUT2D eigenvalue weighted by molar-refractivity contribution is 5.97. The second kappa shape index (κ2) is 9.03. The van der Waals surface area contributed by atoms with Crippen LogP contribution in [0.15, 0.2) is 48.5 Å². The summed E-state index contributed by atoms with van der Waals surface area (Å²) in [5, 5.41) is 3.36. The van der Waals surface area contributed by atoms with E-state index in [0.29, 0.717) is 19.8 Å². The Bertz CT molecular complexity index is 836. The fourth-order valence-electron chi connectivity index (χ4n) is 4.38. The van der Waals surface area contributed by atoms with Gasteiger partial charge in [0.1, 0.15) is 5.82 Å². The molecule has 0 aliphatic carbocycles. The summed E-state index contributed by atoms with van der Waals surface area (Å²) in [4.78, 5) is 17.2. The van der Waals surface area contributed by atoms with E-state index in [1.54, 1.807) is 0 Å². The molecule has 2 aliphatic heterocycles. The minimum Gasteiger partial charge on any atom is -0.379 e. The van der Waals surface area contributed by atoms with Gasteiger partial charge < -0.3 is 15.0 Å². The summed E-state index contributed by atoms with van der Waals surface area (Å²) in [6.07, 6.45) is 0.897. The molecule has 1 saturated heterocycles. The van der Waals surface area contributed by atoms with E-state index in [-0.39, 0.29) is 30.4 Å². The van der Waals surface area contributed by atoms with Crippen molar-refractivity contribution < 1.29 is 13.9 Å². The van der Waals surface area contributed by atoms with E-state index in [0.717, 1.165) is 30.8 Å². The van der Waals surface area contributed by atoms with Crippen molar-refractivity contribution in [1.29, 1.82) is 0 Å². The molecule has 2 aliphatic rings. The smallest absolute Gasteiger partial charge is 0.241 e. The van der Waals surface area contributed by atoms with Crippen LogP contribution in [0.3, 0.4) is 0 Å². The molecule has 6 heteroatoms. The summed E-state index contributed by atoms with van der Waals surface area (Å²) < 4.78 is 18.9. The van der Waals surface area contributed by atoms with E-state index in [4.69, 9.17) is 4.74 Å². The zero-order chi connectivity index (χ0) is 20.2. The van der Waals surface area contributed by atoms with E-state index in [1.807, 2.05) is 35.2 Å². The van der Waals surface area contributed by atoms with E-state index in [2.05, 4.69) is 23.2 Å². The molecule has 0 bridgehead atoms. The van der Waals surface area contributed by atoms with Gasteiger partial charge in [0.15, 0.2) is 0 Å². The third-order valence-electron chi connectivity index (χ3n) is 5.83. The number of para-hydroxylation sites is 1. The molecule has 0 saturated carbocycles. The maximum atomic E-state index is 13.4. The fourth-order valence-corrected chi connectivity index (χ4v) is 4.38. The number of benzene rings is 2. The molecule has 154 valence electrons. The average Bonchev–Trinajstić information content (AvgIpc) is 3.08. The number of fused-ring (bicyclic) bond motifs is 1. The van der Waals surface area contributed by atoms with Crippen LogP contribution in [0, 0.1) is 5.82 Å². The molecule has 4 rings (SSSR count). The predicted molar refractivity (Wildman–Crippen MR) is 111 cm³/mol. The standard InChI is InChI=1S/C23H28FN3O2/c1-17-14-19-4-2-3-5-21(19)27(17)23(28)16-25-15-22(26-10-12-29-13-11-26)18-6-8-20(24)9-7-18/h2-9,17,22,25H,10-16H2,1H3/t17-,22+/m1/s1. The first-order valence-corrected chi connectivity index (χ1v) is 10.3. The third-order valence-corrected chi connectivity index (χ3v) is 5.83. The number of carbonyl (C=O) groups is 1. The molecule has 2 heterocycles. The van der Waals surface area contributed by atoms with Crippen molar-refractivity contribution in [3.8, 4) is 0 Å². The van der Waals surface area contributed by atoms with E-state index in [9.17, 15) is 9.18 Å². The molecule has 0 aromatic heterocycles. The summed E-state index contributed by atoms with van der Waals surface area (Å²) in [5.41, 5.74) is 3.30. The normalized spacial score (nSPS) is 20.5. The maximum absolute atomic E-state index is 13.4. The summed E-state index contributed by atoms with van der Waals surface area (Å²) in [5.74, 6) is -0.151. The van der Waals surface area contributed by atoms with Crippen LogP contribution in [-0.4, -0.2) is 56.2 Å². The van der Waals surface area contributed by atoms with Gasteiger partial charge in [-0.25, -0.2) is 4.39 Å². The van der Waals surface area contributed by atoms with E-state index < -0.39 is 0 Å². The third kappa shape index (κ3) is 4.50. The Morgan fingerprint density at radius 1 is 1.17 bits per heavy atom. The predicted octanol–water partition coefficient (Wildman–Crippen LogP) is 2.77. The van der Waals surface area contributed by atoms with Gasteiger partial charge in [-0.3, -0.25) is 9.69 Å². The number of ether oxygens (including phenoxy) is 1. The van der Waals surface area contributed by atoms with Gasteiger partial charge >= 0.3 is 0 Å². The van der Waals surface area contributed by atoms with Crippen LogP contribution in [0.2, 0.25) is 0 Å². The topological polar surface area (TPSA) is 44.8 Å². The molecule has 29 heavy (non-hydrogen) atoms. The van der Waals surface area contributed by atoms with Crippen molar-refractivity contribution in [3.63, 3.8) is 0 Å². The average molecular weight is 397 g/mol. The van der Waals surface area contributed by atoms with Crippen LogP contribution in [-0.2, 0) is 16.0 Å². The summed E-state index contributed by atoms with van der Waals surface area (Å²) in [6, 6.07) is 15.0. The molecule has 2 aromatic rings. The number of morpholine rings is 1. The molecule has 1 N–H and O–H groups in total. The Morgan fingerprint density at radius 2 is 1.90 bits per heavy atom. The van der Waals surface area contributed by atoms with Gasteiger partial charge in [0.25, 0.3) is 0 Å². The first-order valence-electron chi connectivity index (χ1n) is 10.3. The van der Waals surface area contributed by atoms with Crippen molar-refractivity contribution in [1.82, 2.24) is 10.2 Å². The first-order chi connectivity index (χ1) is 14.1. The van der Waals surface area contributed by atoms with Crippen molar-refractivity contribution >= 4 is 11.6 Å². The number of hydrogen-bond donors (Lipinski definition) is 1. The largest absolute Gasteiger partial charge is 0.379 e. The lowest BCUT2D eigenvalue weighted by atomic mass is 10.0. The Hall–Kier alpha value is -2.28. The van der Waals surface area contributed by atoms with E-state index in [1.165, 1.54) is 17.7 Å². The van der Waals surface area contributed by atoms with Crippen molar-refractivity contribution in [2.24, 2.45) is 0 Å². The van der Waals surface area contributed by atoms with Crippen LogP contribution in [0.25, 0.3) is 0 Å². The molecular weight excluding hydrogens is 369 g/mol. The number of amides is 1. The van der Waals surface area contributed by atoms with Crippen LogP contribution < -0.4 is 10.2 Å². The van der Waals surface area contributed by atoms with Gasteiger partial charge in [0, 0.05) is 37.4 Å². The minimum absolute atomic E-state index is 0.0792. The number of carbonyl (C=O) groups excluding carboxylic acids is 1. The quantitative estimate of drug-likeness (QED) is 0.814. The minimum atomic E-state index is -0.237. The number of nitrogens with zero attached hydrogens (tertiary/aromatic N) is 2. The Morgan fingerprint density at radius 3 is 2.66 bits per heavy atom. The Labute approximate surface area is 171 Å². The lowest BCUT2D eigenvalue weighted by Gasteiger charge is -2.35. The number of anilines is 1. The fraction of sp³-hybridized carbons (Fsp3) is 0.435. The summed E-state index contributed by atoms with van der Waals surface area (Å²) in [7, 11) is 0. The lowest BCUT2D eigenvalue weighted by molar-refractivity contribution is -0.118. The highest BCUT2D eigenvalue weighted by Gasteiger charge is 2.30. The maximum Gasteiger partial charge on any atom is 0.241 e. The number of hydrogen-bond acceptors (Lipinski definition) is 4. The Kier molecular flexibility index (Phi) is 6.23. The second-order valence-electron chi connectivity index (χ2n) is 7.79. The van der Waals surface area contributed by atoms with Gasteiger partial charge in [0.2, 0.25) is 5.91 Å². The zero-order valence-corrected chi connectivity index (χ0v) is 16.8. The molecule has 1 amide bonds. The highest BCUT2D eigenvalue weighted by atomic mass is 19.1. The van der Waals surface area contributed by atoms with Crippen LogP contribution in [0.5, 0.6) is 0 Å². The van der Waals surface area contributed by atoms with Gasteiger partial charge in [0.05, 0.1) is 19.8 Å². The molecule has 2 atom stereocenters. The van der Waals surface area contributed by atoms with Crippen LogP contribution in [0.1, 0.15) is 24.1 Å². The SMILES string of the molecule is C[C@@H]1Cc2ccccc2N1C(=O)CNC[C@@H](c1ccc(F)cc1)N1CCOCC1. The monoisotopic (exact) mass is 397 g/mol. The molecule has 2 aromatic carbocycles. The number of nitrogens with one attached hydrogen (secondary N) is 1. The van der Waals surface area contributed by atoms with Gasteiger partial charge in [-0.1, -0.05) is 30.3 Å². The molecule has 0 radical (unpaired) electrons. The van der Waals surface area contributed by atoms with Crippen LogP contribution >= 0.6 is 0 Å². The van der Waals surface area contributed by atoms with Crippen molar-refractivity contribution in [2.45, 2.75) is 25.4 Å².